The second-order valence-electron chi connectivity index (χ2n) is 10.7. The molecule has 40 heavy (non-hydrogen) atoms. The number of hydrogen-bond acceptors (Lipinski definition) is 5. The van der Waals surface area contributed by atoms with Crippen molar-refractivity contribution in [2.24, 2.45) is 0 Å². The first-order valence-corrected chi connectivity index (χ1v) is 15.0. The molecule has 0 bridgehead atoms. The van der Waals surface area contributed by atoms with Crippen molar-refractivity contribution in [3.63, 3.8) is 0 Å². The van der Waals surface area contributed by atoms with Gasteiger partial charge in [0, 0.05) is 61.1 Å². The standard InChI is InChI=1S/C29H29Br2F3N6/c1-38-8-10-39(11-9-38)17-3-5-18(6-4-17)40-14-20(25-28(35)36-15-37-29(25)40)16-2-7-19(22(32)12-16)24-26(31)23(33)13-21(30)27(24)34/h2,7,12-15,17-18H,3-6,8-11H2,1H3,(H2,35,36,37). The highest BCUT2D eigenvalue weighted by molar-refractivity contribution is 9.11. The molecule has 6 nitrogen and oxygen atoms in total. The van der Waals surface area contributed by atoms with Gasteiger partial charge < -0.3 is 15.2 Å². The molecular formula is C29H29Br2F3N6. The quantitative estimate of drug-likeness (QED) is 0.235. The Hall–Kier alpha value is -2.47. The third-order valence-corrected chi connectivity index (χ3v) is 9.77. The fourth-order valence-corrected chi connectivity index (χ4v) is 7.09. The van der Waals surface area contributed by atoms with Gasteiger partial charge in [-0.05, 0) is 82.3 Å². The van der Waals surface area contributed by atoms with E-state index < -0.39 is 17.5 Å². The topological polar surface area (TPSA) is 63.2 Å². The number of benzene rings is 2. The van der Waals surface area contributed by atoms with Gasteiger partial charge in [0.1, 0.15) is 35.2 Å². The second kappa shape index (κ2) is 11.1. The summed E-state index contributed by atoms with van der Waals surface area (Å²) in [6, 6.07) is 6.33. The van der Waals surface area contributed by atoms with Gasteiger partial charge in [-0.3, -0.25) is 4.90 Å². The zero-order valence-electron chi connectivity index (χ0n) is 22.0. The Labute approximate surface area is 247 Å². The van der Waals surface area contributed by atoms with Crippen molar-refractivity contribution in [2.75, 3.05) is 39.0 Å². The molecule has 0 spiro atoms. The molecule has 3 heterocycles. The Balaban J connectivity index is 1.33. The Morgan fingerprint density at radius 2 is 1.57 bits per heavy atom. The van der Waals surface area contributed by atoms with Crippen molar-refractivity contribution in [2.45, 2.75) is 37.8 Å². The summed E-state index contributed by atoms with van der Waals surface area (Å²) in [6.07, 6.45) is 7.69. The van der Waals surface area contributed by atoms with Crippen LogP contribution in [0.4, 0.5) is 19.0 Å². The lowest BCUT2D eigenvalue weighted by atomic mass is 9.89. The molecule has 2 aromatic carbocycles. The van der Waals surface area contributed by atoms with Gasteiger partial charge in [-0.2, -0.15) is 0 Å². The molecule has 0 radical (unpaired) electrons. The number of piperazine rings is 1. The van der Waals surface area contributed by atoms with Crippen LogP contribution in [0.3, 0.4) is 0 Å². The van der Waals surface area contributed by atoms with Crippen LogP contribution < -0.4 is 5.73 Å². The minimum atomic E-state index is -0.749. The van der Waals surface area contributed by atoms with Crippen molar-refractivity contribution >= 4 is 48.7 Å². The van der Waals surface area contributed by atoms with Crippen LogP contribution in [0.1, 0.15) is 31.7 Å². The molecule has 1 aliphatic carbocycles. The predicted octanol–water partition coefficient (Wildman–Crippen LogP) is 7.02. The summed E-state index contributed by atoms with van der Waals surface area (Å²) in [5.41, 5.74) is 8.08. The molecule has 2 aliphatic rings. The molecule has 2 N–H and O–H groups in total. The fourth-order valence-electron chi connectivity index (χ4n) is 6.19. The van der Waals surface area contributed by atoms with Crippen LogP contribution in [0.5, 0.6) is 0 Å². The molecule has 1 saturated heterocycles. The van der Waals surface area contributed by atoms with Gasteiger partial charge in [0.25, 0.3) is 0 Å². The smallest absolute Gasteiger partial charge is 0.146 e. The predicted molar refractivity (Wildman–Crippen MR) is 158 cm³/mol. The number of likely N-dealkylation sites (N-methyl/N-ethyl adjacent to an activating group) is 1. The Kier molecular flexibility index (Phi) is 7.67. The van der Waals surface area contributed by atoms with Gasteiger partial charge in [0.05, 0.1) is 14.3 Å². The van der Waals surface area contributed by atoms with Crippen LogP contribution in [-0.2, 0) is 0 Å². The van der Waals surface area contributed by atoms with Crippen molar-refractivity contribution in [1.29, 1.82) is 0 Å². The van der Waals surface area contributed by atoms with Gasteiger partial charge in [0.15, 0.2) is 0 Å². The monoisotopic (exact) mass is 676 g/mol. The molecule has 0 amide bonds. The summed E-state index contributed by atoms with van der Waals surface area (Å²) in [7, 11) is 2.17. The average Bonchev–Trinajstić information content (AvgIpc) is 3.34. The minimum absolute atomic E-state index is 0.0523. The molecule has 2 aromatic heterocycles. The minimum Gasteiger partial charge on any atom is -0.383 e. The van der Waals surface area contributed by atoms with Crippen LogP contribution in [-0.4, -0.2) is 63.6 Å². The first-order valence-electron chi connectivity index (χ1n) is 13.4. The number of nitrogens with two attached hydrogens (primary N) is 1. The molecule has 210 valence electrons. The van der Waals surface area contributed by atoms with E-state index in [1.807, 2.05) is 6.20 Å². The van der Waals surface area contributed by atoms with Gasteiger partial charge >= 0.3 is 0 Å². The first kappa shape index (κ1) is 27.7. The molecule has 4 aromatic rings. The highest BCUT2D eigenvalue weighted by atomic mass is 79.9. The Bertz CT molecular complexity index is 1550. The third-order valence-electron chi connectivity index (χ3n) is 8.41. The van der Waals surface area contributed by atoms with Crippen molar-refractivity contribution < 1.29 is 13.2 Å². The number of hydrogen-bond donors (Lipinski definition) is 1. The first-order chi connectivity index (χ1) is 19.2. The van der Waals surface area contributed by atoms with E-state index in [-0.39, 0.29) is 26.1 Å². The number of fused-ring (bicyclic) bond motifs is 1. The second-order valence-corrected chi connectivity index (χ2v) is 12.4. The average molecular weight is 678 g/mol. The molecule has 2 fully saturated rings. The number of nitrogen functional groups attached to an aromatic ring is 1. The summed E-state index contributed by atoms with van der Waals surface area (Å²) in [6.45, 7) is 4.44. The molecule has 1 aliphatic heterocycles. The lowest BCUT2D eigenvalue weighted by molar-refractivity contribution is 0.0828. The number of rotatable bonds is 4. The number of halogens is 5. The Morgan fingerprint density at radius 3 is 2.27 bits per heavy atom. The molecular weight excluding hydrogens is 649 g/mol. The normalized spacial score (nSPS) is 20.9. The number of anilines is 1. The fraction of sp³-hybridized carbons (Fsp3) is 0.379. The molecule has 6 rings (SSSR count). The maximum Gasteiger partial charge on any atom is 0.146 e. The summed E-state index contributed by atoms with van der Waals surface area (Å²) in [5, 5.41) is 0.664. The SMILES string of the molecule is CN1CCN(C2CCC(n3cc(-c4ccc(-c5c(F)c(Br)cc(F)c5Br)c(F)c4)c4c(N)ncnc43)CC2)CC1. The summed E-state index contributed by atoms with van der Waals surface area (Å²) in [4.78, 5) is 13.8. The largest absolute Gasteiger partial charge is 0.383 e. The summed E-state index contributed by atoms with van der Waals surface area (Å²) in [5.74, 6) is -1.81. The van der Waals surface area contributed by atoms with Crippen LogP contribution in [0.2, 0.25) is 0 Å². The van der Waals surface area contributed by atoms with E-state index in [1.54, 1.807) is 6.07 Å². The van der Waals surface area contributed by atoms with E-state index >= 15 is 4.39 Å². The maximum atomic E-state index is 15.5. The summed E-state index contributed by atoms with van der Waals surface area (Å²) < 4.78 is 46.7. The molecule has 1 saturated carbocycles. The van der Waals surface area contributed by atoms with Crippen LogP contribution in [0.15, 0.2) is 45.7 Å². The molecule has 0 atom stereocenters. The highest BCUT2D eigenvalue weighted by Crippen LogP contribution is 2.42. The highest BCUT2D eigenvalue weighted by Gasteiger charge is 2.30. The lowest BCUT2D eigenvalue weighted by Crippen LogP contribution is -2.49. The van der Waals surface area contributed by atoms with E-state index in [1.165, 1.54) is 18.5 Å². The van der Waals surface area contributed by atoms with Crippen molar-refractivity contribution in [1.82, 2.24) is 24.3 Å². The van der Waals surface area contributed by atoms with Gasteiger partial charge in [-0.1, -0.05) is 12.1 Å². The Morgan fingerprint density at radius 1 is 0.875 bits per heavy atom. The van der Waals surface area contributed by atoms with Gasteiger partial charge in [-0.25, -0.2) is 23.1 Å². The maximum absolute atomic E-state index is 15.5. The van der Waals surface area contributed by atoms with E-state index in [0.717, 1.165) is 63.6 Å². The zero-order valence-corrected chi connectivity index (χ0v) is 25.2. The van der Waals surface area contributed by atoms with Crippen LogP contribution in [0, 0.1) is 17.5 Å². The van der Waals surface area contributed by atoms with E-state index in [2.05, 4.69) is 63.2 Å². The molecule has 11 heteroatoms. The van der Waals surface area contributed by atoms with E-state index in [0.29, 0.717) is 28.4 Å². The van der Waals surface area contributed by atoms with Crippen LogP contribution >= 0.6 is 31.9 Å². The van der Waals surface area contributed by atoms with Gasteiger partial charge in [0.2, 0.25) is 0 Å². The van der Waals surface area contributed by atoms with E-state index in [9.17, 15) is 8.78 Å². The van der Waals surface area contributed by atoms with E-state index in [4.69, 9.17) is 5.73 Å². The lowest BCUT2D eigenvalue weighted by Gasteiger charge is -2.41. The van der Waals surface area contributed by atoms with Crippen LogP contribution in [0.25, 0.3) is 33.3 Å². The number of nitrogens with zero attached hydrogens (tertiary/aromatic N) is 5. The molecule has 0 unspecified atom stereocenters. The van der Waals surface area contributed by atoms with Crippen molar-refractivity contribution in [3.05, 3.63) is 63.2 Å². The van der Waals surface area contributed by atoms with Crippen molar-refractivity contribution in [3.8, 4) is 22.3 Å². The third kappa shape index (κ3) is 4.95. The zero-order chi connectivity index (χ0) is 28.1. The summed E-state index contributed by atoms with van der Waals surface area (Å²) >= 11 is 6.09. The van der Waals surface area contributed by atoms with Gasteiger partial charge in [-0.15, -0.1) is 0 Å². The number of aromatic nitrogens is 3.